The van der Waals surface area contributed by atoms with E-state index in [-0.39, 0.29) is 6.10 Å². The van der Waals surface area contributed by atoms with Crippen molar-refractivity contribution >= 4 is 11.9 Å². The Kier molecular flexibility index (Phi) is 11.6. The van der Waals surface area contributed by atoms with E-state index in [9.17, 15) is 26.3 Å². The molecule has 1 aliphatic heterocycles. The predicted octanol–water partition coefficient (Wildman–Crippen LogP) is 4.29. The maximum atomic E-state index is 10.6. The molecule has 210 valence electrons. The molecule has 0 spiro atoms. The van der Waals surface area contributed by atoms with Crippen molar-refractivity contribution in [2.75, 3.05) is 19.8 Å². The molecule has 1 aromatic heterocycles. The van der Waals surface area contributed by atoms with E-state index < -0.39 is 24.3 Å². The lowest BCUT2D eigenvalue weighted by Crippen LogP contribution is -2.51. The number of nitrogens with zero attached hydrogens (tertiary/aromatic N) is 2. The van der Waals surface area contributed by atoms with Gasteiger partial charge in [0, 0.05) is 38.1 Å². The van der Waals surface area contributed by atoms with Gasteiger partial charge in [0.15, 0.2) is 0 Å². The van der Waals surface area contributed by atoms with Gasteiger partial charge >= 0.3 is 24.3 Å². The number of halogens is 6. The summed E-state index contributed by atoms with van der Waals surface area (Å²) in [5.41, 5.74) is 1.34. The summed E-state index contributed by atoms with van der Waals surface area (Å²) >= 11 is 0. The summed E-state index contributed by atoms with van der Waals surface area (Å²) in [6.45, 7) is 3.80. The molecule has 2 saturated carbocycles. The third-order valence-corrected chi connectivity index (χ3v) is 6.29. The SMILES string of the molecule is O=C(O)C(F)(F)F.O=C(O)C(F)(F)F.c1cc(CN2CCO[C@H]3[C@H](OCC4CCCC4)CC[C@@H]32)ccn1. The first-order valence-electron chi connectivity index (χ1n) is 11.8. The van der Waals surface area contributed by atoms with Gasteiger partial charge < -0.3 is 19.7 Å². The highest BCUT2D eigenvalue weighted by molar-refractivity contribution is 5.73. The zero-order valence-corrected chi connectivity index (χ0v) is 19.9. The van der Waals surface area contributed by atoms with E-state index in [4.69, 9.17) is 29.3 Å². The number of alkyl halides is 6. The van der Waals surface area contributed by atoms with E-state index in [1.165, 1.54) is 37.7 Å². The lowest BCUT2D eigenvalue weighted by molar-refractivity contribution is -0.193. The minimum Gasteiger partial charge on any atom is -0.475 e. The fourth-order valence-electron chi connectivity index (χ4n) is 4.53. The molecule has 4 rings (SSSR count). The van der Waals surface area contributed by atoms with Crippen molar-refractivity contribution in [3.8, 4) is 0 Å². The second kappa shape index (κ2) is 13.9. The van der Waals surface area contributed by atoms with E-state index in [1.807, 2.05) is 12.4 Å². The molecule has 1 aromatic rings. The van der Waals surface area contributed by atoms with Gasteiger partial charge in [0.1, 0.15) is 0 Å². The van der Waals surface area contributed by atoms with Crippen molar-refractivity contribution in [1.29, 1.82) is 0 Å². The van der Waals surface area contributed by atoms with Gasteiger partial charge in [-0.3, -0.25) is 9.88 Å². The van der Waals surface area contributed by atoms with Crippen LogP contribution in [0.4, 0.5) is 26.3 Å². The molecule has 0 radical (unpaired) electrons. The van der Waals surface area contributed by atoms with E-state index in [1.54, 1.807) is 0 Å². The third kappa shape index (κ3) is 10.4. The molecular weight excluding hydrogens is 514 g/mol. The third-order valence-electron chi connectivity index (χ3n) is 6.29. The second-order valence-electron chi connectivity index (χ2n) is 8.93. The molecular formula is C23H30F6N2O6. The average molecular weight is 544 g/mol. The van der Waals surface area contributed by atoms with Crippen LogP contribution in [-0.4, -0.2) is 82.4 Å². The van der Waals surface area contributed by atoms with Crippen LogP contribution >= 0.6 is 0 Å². The molecule has 0 unspecified atom stereocenters. The van der Waals surface area contributed by atoms with Crippen LogP contribution in [0.3, 0.4) is 0 Å². The van der Waals surface area contributed by atoms with Gasteiger partial charge in [0.2, 0.25) is 0 Å². The van der Waals surface area contributed by atoms with Crippen LogP contribution in [0.5, 0.6) is 0 Å². The Labute approximate surface area is 209 Å². The number of aliphatic carboxylic acids is 2. The van der Waals surface area contributed by atoms with Gasteiger partial charge in [-0.15, -0.1) is 0 Å². The van der Waals surface area contributed by atoms with Gasteiger partial charge in [0.25, 0.3) is 0 Å². The lowest BCUT2D eigenvalue weighted by atomic mass is 10.1. The maximum Gasteiger partial charge on any atom is 0.490 e. The largest absolute Gasteiger partial charge is 0.490 e. The molecule has 2 aliphatic carbocycles. The number of fused-ring (bicyclic) bond motifs is 1. The second-order valence-corrected chi connectivity index (χ2v) is 8.93. The van der Waals surface area contributed by atoms with Crippen molar-refractivity contribution in [3.63, 3.8) is 0 Å². The van der Waals surface area contributed by atoms with Crippen molar-refractivity contribution < 1.29 is 55.6 Å². The summed E-state index contributed by atoms with van der Waals surface area (Å²) in [5.74, 6) is -4.72. The number of aromatic nitrogens is 1. The number of ether oxygens (including phenoxy) is 2. The predicted molar refractivity (Wildman–Crippen MR) is 116 cm³/mol. The number of carbonyl (C=O) groups is 2. The van der Waals surface area contributed by atoms with E-state index in [2.05, 4.69) is 22.0 Å². The molecule has 0 aromatic carbocycles. The van der Waals surface area contributed by atoms with Crippen LogP contribution in [0.2, 0.25) is 0 Å². The number of carboxylic acid groups (broad SMARTS) is 2. The number of rotatable bonds is 5. The Morgan fingerprint density at radius 3 is 2.03 bits per heavy atom. The first-order valence-corrected chi connectivity index (χ1v) is 11.8. The van der Waals surface area contributed by atoms with Crippen LogP contribution in [0.1, 0.15) is 44.1 Å². The highest BCUT2D eigenvalue weighted by atomic mass is 19.4. The van der Waals surface area contributed by atoms with Crippen molar-refractivity contribution in [2.24, 2.45) is 5.92 Å². The van der Waals surface area contributed by atoms with Gasteiger partial charge in [-0.1, -0.05) is 12.8 Å². The molecule has 14 heteroatoms. The van der Waals surface area contributed by atoms with Crippen LogP contribution in [0.25, 0.3) is 0 Å². The lowest BCUT2D eigenvalue weighted by Gasteiger charge is -2.39. The fraction of sp³-hybridized carbons (Fsp3) is 0.696. The summed E-state index contributed by atoms with van der Waals surface area (Å²) in [6, 6.07) is 4.76. The van der Waals surface area contributed by atoms with E-state index >= 15 is 0 Å². The molecule has 37 heavy (non-hydrogen) atoms. The van der Waals surface area contributed by atoms with Crippen molar-refractivity contribution in [1.82, 2.24) is 9.88 Å². The molecule has 0 bridgehead atoms. The minimum absolute atomic E-state index is 0.270. The van der Waals surface area contributed by atoms with Crippen LogP contribution in [0, 0.1) is 5.92 Å². The van der Waals surface area contributed by atoms with Crippen molar-refractivity contribution in [2.45, 2.75) is 75.7 Å². The number of morpholine rings is 1. The van der Waals surface area contributed by atoms with E-state index in [0.717, 1.165) is 38.6 Å². The zero-order valence-electron chi connectivity index (χ0n) is 19.9. The Morgan fingerprint density at radius 2 is 1.51 bits per heavy atom. The van der Waals surface area contributed by atoms with Crippen LogP contribution in [-0.2, 0) is 25.6 Å². The van der Waals surface area contributed by atoms with Crippen LogP contribution in [0.15, 0.2) is 24.5 Å². The molecule has 2 heterocycles. The van der Waals surface area contributed by atoms with Gasteiger partial charge in [-0.2, -0.15) is 26.3 Å². The van der Waals surface area contributed by atoms with Crippen LogP contribution < -0.4 is 0 Å². The molecule has 1 saturated heterocycles. The van der Waals surface area contributed by atoms with Gasteiger partial charge in [-0.05, 0) is 49.3 Å². The quantitative estimate of drug-likeness (QED) is 0.529. The standard InChI is InChI=1S/C19H28N2O2.2C2HF3O2/c1-2-4-16(3-1)14-23-18-6-5-17-19(18)22-12-11-21(17)13-15-7-9-20-10-8-15;2*3-2(4,5)1(6)7/h7-10,16-19H,1-6,11-14H2;2*(H,6,7)/t17-,18+,19+;;/m0../s1. The minimum atomic E-state index is -5.08. The topological polar surface area (TPSA) is 109 Å². The summed E-state index contributed by atoms with van der Waals surface area (Å²) in [6.07, 6.45) is 2.02. The molecule has 8 nitrogen and oxygen atoms in total. The van der Waals surface area contributed by atoms with Crippen molar-refractivity contribution in [3.05, 3.63) is 30.1 Å². The molecule has 3 fully saturated rings. The summed E-state index contributed by atoms with van der Waals surface area (Å²) in [4.78, 5) is 24.5. The first-order chi connectivity index (χ1) is 17.3. The summed E-state index contributed by atoms with van der Waals surface area (Å²) < 4.78 is 75.9. The maximum absolute atomic E-state index is 10.6. The Morgan fingerprint density at radius 1 is 0.973 bits per heavy atom. The number of pyridine rings is 1. The smallest absolute Gasteiger partial charge is 0.475 e. The number of carboxylic acids is 2. The Hall–Kier alpha value is -2.45. The zero-order chi connectivity index (χ0) is 27.6. The van der Waals surface area contributed by atoms with E-state index in [0.29, 0.717) is 12.1 Å². The highest BCUT2D eigenvalue weighted by Gasteiger charge is 2.43. The Bertz CT molecular complexity index is 824. The highest BCUT2D eigenvalue weighted by Crippen LogP contribution is 2.34. The average Bonchev–Trinajstić information content (AvgIpc) is 3.48. The summed E-state index contributed by atoms with van der Waals surface area (Å²) in [7, 11) is 0. The monoisotopic (exact) mass is 544 g/mol. The molecule has 3 aliphatic rings. The van der Waals surface area contributed by atoms with Gasteiger partial charge in [0.05, 0.1) is 18.8 Å². The fourth-order valence-corrected chi connectivity index (χ4v) is 4.53. The molecule has 3 atom stereocenters. The first kappa shape index (κ1) is 30.8. The molecule has 0 amide bonds. The number of hydrogen-bond acceptors (Lipinski definition) is 6. The summed E-state index contributed by atoms with van der Waals surface area (Å²) in [5, 5.41) is 14.2. The molecule has 2 N–H and O–H groups in total. The van der Waals surface area contributed by atoms with Gasteiger partial charge in [-0.25, -0.2) is 9.59 Å². The normalized spacial score (nSPS) is 24.3. The number of hydrogen-bond donors (Lipinski definition) is 2. The Balaban J connectivity index is 0.000000286.